The lowest BCUT2D eigenvalue weighted by Crippen LogP contribution is -2.35. The molecule has 2 fully saturated rings. The molecule has 6 aromatic rings. The summed E-state index contributed by atoms with van der Waals surface area (Å²) in [5.74, 6) is -1.22. The highest BCUT2D eigenvalue weighted by Gasteiger charge is 2.28. The van der Waals surface area contributed by atoms with Crippen molar-refractivity contribution in [2.45, 2.75) is 155 Å². The molecule has 2 heterocycles. The van der Waals surface area contributed by atoms with Crippen LogP contribution in [0.3, 0.4) is 0 Å². The maximum absolute atomic E-state index is 11.7. The first-order valence-corrected chi connectivity index (χ1v) is 35.6. The van der Waals surface area contributed by atoms with Gasteiger partial charge in [-0.05, 0) is 273 Å². The van der Waals surface area contributed by atoms with Crippen molar-refractivity contribution in [3.8, 4) is 0 Å². The summed E-state index contributed by atoms with van der Waals surface area (Å²) in [4.78, 5) is 49.1. The molecule has 0 radical (unpaired) electrons. The van der Waals surface area contributed by atoms with Gasteiger partial charge in [0.25, 0.3) is 0 Å². The van der Waals surface area contributed by atoms with Crippen LogP contribution in [0.5, 0.6) is 0 Å². The second kappa shape index (κ2) is 42.3. The summed E-state index contributed by atoms with van der Waals surface area (Å²) in [7, 11) is 4.38. The number of esters is 1. The molecular weight excluding hydrogens is 1650 g/mol. The molecule has 8 rings (SSSR count). The number of likely N-dealkylation sites (N-methyl/N-ethyl adjacent to an activating group) is 1. The molecule has 0 bridgehead atoms. The van der Waals surface area contributed by atoms with E-state index in [0.717, 1.165) is 107 Å². The van der Waals surface area contributed by atoms with Gasteiger partial charge in [-0.2, -0.15) is 0 Å². The van der Waals surface area contributed by atoms with E-state index < -0.39 is 17.5 Å². The van der Waals surface area contributed by atoms with Crippen molar-refractivity contribution < 1.29 is 57.9 Å². The lowest BCUT2D eigenvalue weighted by Gasteiger charge is -2.33. The first-order chi connectivity index (χ1) is 43.5. The predicted octanol–water partition coefficient (Wildman–Crippen LogP) is 21.0. The molecule has 510 valence electrons. The average molecular weight is 1730 g/mol. The van der Waals surface area contributed by atoms with E-state index in [0.29, 0.717) is 56.4 Å². The number of nitrogens with zero attached hydrogens (tertiary/aromatic N) is 1. The summed E-state index contributed by atoms with van der Waals surface area (Å²) in [6.07, 6.45) is 9.19. The van der Waals surface area contributed by atoms with Gasteiger partial charge in [-0.3, -0.25) is 19.2 Å². The van der Waals surface area contributed by atoms with Crippen LogP contribution in [0.1, 0.15) is 131 Å². The number of aliphatic hydroxyl groups is 1. The van der Waals surface area contributed by atoms with Gasteiger partial charge in [-0.25, -0.2) is 9.86 Å². The fraction of sp³-hybridized carbons (Fsp3) is 0.420. The Hall–Kier alpha value is -2.70. The number of carbonyl (C=O) groups is 4. The number of halogens is 11. The van der Waals surface area contributed by atoms with E-state index in [9.17, 15) is 24.3 Å². The first kappa shape index (κ1) is 84.5. The zero-order valence-corrected chi connectivity index (χ0v) is 66.0. The number of benzene rings is 6. The molecule has 2 unspecified atom stereocenters. The Bertz CT molecular complexity index is 3310. The van der Waals surface area contributed by atoms with Crippen LogP contribution < -0.4 is 0 Å². The first-order valence-electron chi connectivity index (χ1n) is 29.4. The second-order valence-corrected chi connectivity index (χ2v) is 30.2. The largest absolute Gasteiger partial charge is 0.481 e. The minimum absolute atomic E-state index is 0.0236. The third kappa shape index (κ3) is 34.6. The number of amides is 1. The van der Waals surface area contributed by atoms with E-state index in [-0.39, 0.29) is 41.9 Å². The quantitative estimate of drug-likeness (QED) is 0.0618. The van der Waals surface area contributed by atoms with Gasteiger partial charge >= 0.3 is 11.9 Å². The van der Waals surface area contributed by atoms with E-state index in [1.54, 1.807) is 70.3 Å². The number of carboxylic acid groups (broad SMARTS) is 1. The van der Waals surface area contributed by atoms with Gasteiger partial charge in [0.15, 0.2) is 12.6 Å². The summed E-state index contributed by atoms with van der Waals surface area (Å²) >= 11 is 51.8. The van der Waals surface area contributed by atoms with Gasteiger partial charge in [0, 0.05) is 68.3 Å². The standard InChI is InChI=1S/C17H23ClO4.C15H20BrClO2.C10H11BrClNO2.C10H12BrClO.C9H8BrClO.C8H6BrClO2/c1-17(2,22-15-6-4-5-9-21-15)11-12-7-8-14(18)13(10-12)16(19)20-3;1-15(2,19-14-5-3-4-8-18-14)10-11-6-7-13(17)12(16)9-11;1-13(15-2)10(14)6-7-3-4-9(12)8(11)5-7;1-10(2,13)6-7-3-4-9(12)8(11)5-7;1-6(12)4-7-2-3-9(11)8(10)5-7;9-6-3-5(4-8(11)12)1-2-7(6)10/h7-8,10,15H,4-6,9,11H2,1-3H3;6-7,9,14H,3-5,8,10H2,1-2H3;3-5H,6H2,1-2H3;3-5,13H,6H2,1-2H3;2-3,5H,4H2,1H3;1-3H,4H2,(H,11,12). The zero-order chi connectivity index (χ0) is 69.8. The van der Waals surface area contributed by atoms with Gasteiger partial charge in [0.2, 0.25) is 5.91 Å². The molecule has 0 aliphatic carbocycles. The number of carbonyl (C=O) groups excluding carboxylic acids is 3. The maximum Gasteiger partial charge on any atom is 0.339 e. The molecule has 2 aliphatic heterocycles. The minimum atomic E-state index is -0.843. The van der Waals surface area contributed by atoms with Crippen molar-refractivity contribution in [1.82, 2.24) is 5.06 Å². The summed E-state index contributed by atoms with van der Waals surface area (Å²) in [6, 6.07) is 33.0. The number of ketones is 1. The predicted molar refractivity (Wildman–Crippen MR) is 393 cm³/mol. The van der Waals surface area contributed by atoms with Gasteiger partial charge in [0.05, 0.1) is 79.6 Å². The van der Waals surface area contributed by atoms with Crippen molar-refractivity contribution >= 4 is 173 Å². The molecule has 0 spiro atoms. The molecule has 13 nitrogen and oxygen atoms in total. The Balaban J connectivity index is 0.000000296. The highest BCUT2D eigenvalue weighted by Crippen LogP contribution is 2.31. The number of hydroxylamine groups is 2. The van der Waals surface area contributed by atoms with Gasteiger partial charge in [-0.1, -0.05) is 106 Å². The average Bonchev–Trinajstić information content (AvgIpc) is 1.07. The third-order valence-electron chi connectivity index (χ3n) is 13.2. The molecule has 93 heavy (non-hydrogen) atoms. The summed E-state index contributed by atoms with van der Waals surface area (Å²) < 4.78 is 32.3. The Morgan fingerprint density at radius 1 is 0.505 bits per heavy atom. The smallest absolute Gasteiger partial charge is 0.339 e. The van der Waals surface area contributed by atoms with E-state index in [4.69, 9.17) is 103 Å². The monoisotopic (exact) mass is 1720 g/mol. The maximum atomic E-state index is 11.7. The topological polar surface area (TPSA) is 167 Å². The fourth-order valence-electron chi connectivity index (χ4n) is 8.93. The van der Waals surface area contributed by atoms with Crippen molar-refractivity contribution in [2.75, 3.05) is 34.5 Å². The lowest BCUT2D eigenvalue weighted by molar-refractivity contribution is -0.215. The minimum Gasteiger partial charge on any atom is -0.481 e. The Morgan fingerprint density at radius 3 is 1.16 bits per heavy atom. The molecule has 2 atom stereocenters. The van der Waals surface area contributed by atoms with Crippen LogP contribution in [0.4, 0.5) is 0 Å². The molecule has 2 N–H and O–H groups in total. The number of rotatable bonds is 18. The molecule has 2 saturated heterocycles. The van der Waals surface area contributed by atoms with Crippen LogP contribution in [-0.2, 0) is 81.4 Å². The summed E-state index contributed by atoms with van der Waals surface area (Å²) in [6.45, 7) is 15.0. The third-order valence-corrected chi connectivity index (χ3v) is 19.6. The van der Waals surface area contributed by atoms with Gasteiger partial charge in [-0.15, -0.1) is 0 Å². The van der Waals surface area contributed by atoms with Crippen LogP contribution in [0.15, 0.2) is 132 Å². The molecule has 0 aromatic heterocycles. The van der Waals surface area contributed by atoms with Crippen LogP contribution >= 0.6 is 149 Å². The molecule has 24 heteroatoms. The molecule has 6 aromatic carbocycles. The number of Topliss-reactive ketones (excluding diaryl/α,β-unsaturated/α-hetero) is 1. The number of hydrogen-bond acceptors (Lipinski definition) is 11. The van der Waals surface area contributed by atoms with Crippen LogP contribution in [0, 0.1) is 0 Å². The number of aliphatic carboxylic acids is 1. The number of ether oxygens (including phenoxy) is 5. The van der Waals surface area contributed by atoms with Crippen molar-refractivity contribution in [3.05, 3.63) is 201 Å². The number of hydrogen-bond donors (Lipinski definition) is 2. The fourth-order valence-corrected chi connectivity index (χ4v) is 11.8. The Morgan fingerprint density at radius 2 is 0.839 bits per heavy atom. The number of carboxylic acids is 1. The molecular formula is C69H80Br5Cl6NO12. The van der Waals surface area contributed by atoms with Crippen molar-refractivity contribution in [3.63, 3.8) is 0 Å². The molecule has 2 aliphatic rings. The SMILES string of the molecule is CC(=O)Cc1ccc(Cl)c(Br)c1.CC(C)(Cc1ccc(Cl)c(Br)c1)OC1CCCCO1.CC(C)(O)Cc1ccc(Cl)c(Br)c1.COC(=O)c1cc(CC(C)(C)OC2CCCCO2)ccc1Cl.CON(C)C(=O)Cc1ccc(Cl)c(Br)c1.O=C(O)Cc1ccc(Cl)c(Br)c1. The second-order valence-electron chi connectivity index (χ2n) is 23.4. The summed E-state index contributed by atoms with van der Waals surface area (Å²) in [5, 5.41) is 23.0. The van der Waals surface area contributed by atoms with E-state index >= 15 is 0 Å². The highest BCUT2D eigenvalue weighted by atomic mass is 79.9. The molecule has 0 saturated carbocycles. The Kier molecular flexibility index (Phi) is 38.4. The van der Waals surface area contributed by atoms with E-state index in [1.807, 2.05) is 74.5 Å². The highest BCUT2D eigenvalue weighted by molar-refractivity contribution is 9.11. The normalized spacial score (nSPS) is 14.5. The van der Waals surface area contributed by atoms with Crippen LogP contribution in [0.2, 0.25) is 30.1 Å². The van der Waals surface area contributed by atoms with Crippen LogP contribution in [-0.4, -0.2) is 103 Å². The Labute approximate surface area is 620 Å². The van der Waals surface area contributed by atoms with Gasteiger partial charge in [0.1, 0.15) is 5.78 Å². The zero-order valence-electron chi connectivity index (χ0n) is 53.5. The van der Waals surface area contributed by atoms with Crippen LogP contribution in [0.25, 0.3) is 0 Å². The van der Waals surface area contributed by atoms with Crippen molar-refractivity contribution in [1.29, 1.82) is 0 Å². The van der Waals surface area contributed by atoms with E-state index in [2.05, 4.69) is 99.6 Å². The van der Waals surface area contributed by atoms with Gasteiger partial charge < -0.3 is 33.9 Å². The number of methoxy groups -OCH3 is 1. The van der Waals surface area contributed by atoms with E-state index in [1.165, 1.54) is 31.3 Å². The molecule has 1 amide bonds. The summed E-state index contributed by atoms with van der Waals surface area (Å²) in [5.41, 5.74) is 4.95. The lowest BCUT2D eigenvalue weighted by atomic mass is 9.96. The van der Waals surface area contributed by atoms with Crippen molar-refractivity contribution in [2.24, 2.45) is 0 Å².